The first kappa shape index (κ1) is 15.6. The largest absolute Gasteiger partial charge is 0.268 e. The Bertz CT molecular complexity index is 439. The number of aromatic nitrogens is 2. The van der Waals surface area contributed by atoms with E-state index in [2.05, 4.69) is 69.3 Å². The van der Waals surface area contributed by atoms with E-state index in [1.54, 1.807) is 0 Å². The van der Waals surface area contributed by atoms with Crippen LogP contribution in [0.25, 0.3) is 0 Å². The number of alkyl halides is 1. The molecule has 1 aromatic heterocycles. The Kier molecular flexibility index (Phi) is 4.82. The normalized spacial score (nSPS) is 28.6. The van der Waals surface area contributed by atoms with Gasteiger partial charge in [0.15, 0.2) is 0 Å². The average molecular weight is 392 g/mol. The Morgan fingerprint density at radius 2 is 2.11 bits per heavy atom. The molecule has 2 rings (SSSR count). The average Bonchev–Trinajstić information content (AvgIpc) is 2.70. The van der Waals surface area contributed by atoms with Gasteiger partial charge < -0.3 is 0 Å². The van der Waals surface area contributed by atoms with Crippen LogP contribution in [0.15, 0.2) is 10.7 Å². The lowest BCUT2D eigenvalue weighted by Crippen LogP contribution is -2.40. The number of hydrogen-bond acceptors (Lipinski definition) is 1. The summed E-state index contributed by atoms with van der Waals surface area (Å²) in [6.45, 7) is 10.2. The van der Waals surface area contributed by atoms with E-state index in [9.17, 15) is 0 Å². The van der Waals surface area contributed by atoms with Crippen LogP contribution in [-0.4, -0.2) is 14.6 Å². The predicted octanol–water partition coefficient (Wildman–Crippen LogP) is 5.14. The molecule has 2 nitrogen and oxygen atoms in total. The molecule has 0 saturated heterocycles. The fourth-order valence-corrected chi connectivity index (χ4v) is 5.91. The van der Waals surface area contributed by atoms with Gasteiger partial charge in [-0.05, 0) is 47.5 Å². The molecule has 108 valence electrons. The zero-order chi connectivity index (χ0) is 14.2. The van der Waals surface area contributed by atoms with Crippen LogP contribution in [-0.2, 0) is 12.0 Å². The second kappa shape index (κ2) is 5.88. The van der Waals surface area contributed by atoms with Gasteiger partial charge in [0.25, 0.3) is 0 Å². The van der Waals surface area contributed by atoms with E-state index in [-0.39, 0.29) is 5.41 Å². The molecule has 3 atom stereocenters. The predicted molar refractivity (Wildman–Crippen MR) is 87.8 cm³/mol. The van der Waals surface area contributed by atoms with Crippen molar-refractivity contribution in [2.24, 2.45) is 11.8 Å². The molecule has 1 heterocycles. The molecule has 1 saturated carbocycles. The van der Waals surface area contributed by atoms with Crippen molar-refractivity contribution in [2.75, 3.05) is 0 Å². The summed E-state index contributed by atoms with van der Waals surface area (Å²) in [5, 5.41) is 4.49. The molecule has 19 heavy (non-hydrogen) atoms. The van der Waals surface area contributed by atoms with Crippen LogP contribution in [0.1, 0.15) is 52.7 Å². The Labute approximate surface area is 133 Å². The summed E-state index contributed by atoms with van der Waals surface area (Å²) in [5.74, 6) is 1.51. The summed E-state index contributed by atoms with van der Waals surface area (Å²) in [4.78, 5) is 0.610. The Morgan fingerprint density at radius 3 is 2.68 bits per heavy atom. The minimum Gasteiger partial charge on any atom is -0.268 e. The monoisotopic (exact) mass is 390 g/mol. The molecule has 0 spiro atoms. The summed E-state index contributed by atoms with van der Waals surface area (Å²) in [6.07, 6.45) is 5.86. The van der Waals surface area contributed by atoms with Crippen LogP contribution in [0.2, 0.25) is 0 Å². The SMILES string of the molecule is CCn1ncc(Br)c1C(C)(C)C1CCC(C)CC1Br. The Morgan fingerprint density at radius 1 is 1.42 bits per heavy atom. The third kappa shape index (κ3) is 2.94. The third-order valence-electron chi connectivity index (χ3n) is 4.67. The van der Waals surface area contributed by atoms with Gasteiger partial charge in [-0.15, -0.1) is 0 Å². The van der Waals surface area contributed by atoms with Crippen LogP contribution < -0.4 is 0 Å². The second-order valence-corrected chi connectivity index (χ2v) is 8.45. The van der Waals surface area contributed by atoms with Crippen molar-refractivity contribution in [1.82, 2.24) is 9.78 Å². The van der Waals surface area contributed by atoms with Gasteiger partial charge in [0, 0.05) is 16.8 Å². The van der Waals surface area contributed by atoms with Gasteiger partial charge in [-0.3, -0.25) is 4.68 Å². The van der Waals surface area contributed by atoms with Crippen molar-refractivity contribution in [3.05, 3.63) is 16.4 Å². The van der Waals surface area contributed by atoms with Gasteiger partial charge in [0.2, 0.25) is 0 Å². The zero-order valence-corrected chi connectivity index (χ0v) is 15.5. The minimum absolute atomic E-state index is 0.139. The lowest BCUT2D eigenvalue weighted by atomic mass is 9.67. The topological polar surface area (TPSA) is 17.8 Å². The number of nitrogens with zero attached hydrogens (tertiary/aromatic N) is 2. The van der Waals surface area contributed by atoms with Gasteiger partial charge in [-0.1, -0.05) is 43.1 Å². The molecular weight excluding hydrogens is 368 g/mol. The van der Waals surface area contributed by atoms with Crippen LogP contribution >= 0.6 is 31.9 Å². The fraction of sp³-hybridized carbons (Fsp3) is 0.800. The fourth-order valence-electron chi connectivity index (χ4n) is 3.54. The Balaban J connectivity index is 2.33. The van der Waals surface area contributed by atoms with Gasteiger partial charge >= 0.3 is 0 Å². The first-order chi connectivity index (χ1) is 8.87. The van der Waals surface area contributed by atoms with Crippen molar-refractivity contribution < 1.29 is 0 Å². The summed E-state index contributed by atoms with van der Waals surface area (Å²) in [5.41, 5.74) is 1.48. The summed E-state index contributed by atoms with van der Waals surface area (Å²) < 4.78 is 3.29. The van der Waals surface area contributed by atoms with Crippen LogP contribution in [0.3, 0.4) is 0 Å². The van der Waals surface area contributed by atoms with E-state index in [1.807, 2.05) is 6.20 Å². The van der Waals surface area contributed by atoms with E-state index < -0.39 is 0 Å². The molecule has 0 aliphatic heterocycles. The number of rotatable bonds is 3. The summed E-state index contributed by atoms with van der Waals surface area (Å²) in [6, 6.07) is 0. The van der Waals surface area contributed by atoms with E-state index in [1.165, 1.54) is 25.0 Å². The second-order valence-electron chi connectivity index (χ2n) is 6.42. The van der Waals surface area contributed by atoms with Crippen molar-refractivity contribution in [3.8, 4) is 0 Å². The molecule has 0 amide bonds. The minimum atomic E-state index is 0.139. The molecule has 3 unspecified atom stereocenters. The number of hydrogen-bond donors (Lipinski definition) is 0. The highest BCUT2D eigenvalue weighted by atomic mass is 79.9. The maximum atomic E-state index is 4.49. The third-order valence-corrected chi connectivity index (χ3v) is 6.26. The molecule has 0 N–H and O–H groups in total. The smallest absolute Gasteiger partial charge is 0.0635 e. The lowest BCUT2D eigenvalue weighted by molar-refractivity contribution is 0.204. The highest BCUT2D eigenvalue weighted by Gasteiger charge is 2.41. The van der Waals surface area contributed by atoms with Crippen molar-refractivity contribution in [1.29, 1.82) is 0 Å². The van der Waals surface area contributed by atoms with Gasteiger partial charge in [0.05, 0.1) is 16.4 Å². The number of aryl methyl sites for hydroxylation is 1. The van der Waals surface area contributed by atoms with E-state index in [0.29, 0.717) is 10.7 Å². The van der Waals surface area contributed by atoms with Crippen molar-refractivity contribution in [3.63, 3.8) is 0 Å². The number of halogens is 2. The molecular formula is C15H24Br2N2. The molecule has 1 aliphatic rings. The lowest BCUT2D eigenvalue weighted by Gasteiger charge is -2.42. The highest BCUT2D eigenvalue weighted by Crippen LogP contribution is 2.46. The van der Waals surface area contributed by atoms with Gasteiger partial charge in [-0.2, -0.15) is 5.10 Å². The molecule has 0 aromatic carbocycles. The van der Waals surface area contributed by atoms with Crippen LogP contribution in [0.5, 0.6) is 0 Å². The quantitative estimate of drug-likeness (QED) is 0.652. The van der Waals surface area contributed by atoms with E-state index >= 15 is 0 Å². The maximum Gasteiger partial charge on any atom is 0.0635 e. The zero-order valence-electron chi connectivity index (χ0n) is 12.3. The maximum absolute atomic E-state index is 4.49. The van der Waals surface area contributed by atoms with Crippen molar-refractivity contribution in [2.45, 2.75) is 63.7 Å². The van der Waals surface area contributed by atoms with E-state index in [4.69, 9.17) is 0 Å². The molecule has 1 aromatic rings. The molecule has 1 aliphatic carbocycles. The molecule has 0 radical (unpaired) electrons. The van der Waals surface area contributed by atoms with Crippen LogP contribution in [0.4, 0.5) is 0 Å². The van der Waals surface area contributed by atoms with Gasteiger partial charge in [-0.25, -0.2) is 0 Å². The molecule has 4 heteroatoms. The summed E-state index contributed by atoms with van der Waals surface area (Å²) >= 11 is 7.64. The highest BCUT2D eigenvalue weighted by molar-refractivity contribution is 9.10. The molecule has 0 bridgehead atoms. The summed E-state index contributed by atoms with van der Waals surface area (Å²) in [7, 11) is 0. The first-order valence-corrected chi connectivity index (χ1v) is 8.94. The Hall–Kier alpha value is 0.170. The van der Waals surface area contributed by atoms with Gasteiger partial charge in [0.1, 0.15) is 0 Å². The standard InChI is InChI=1S/C15H24Br2N2/c1-5-19-14(13(17)9-18-19)15(3,4)11-7-6-10(2)8-12(11)16/h9-12H,5-8H2,1-4H3. The van der Waals surface area contributed by atoms with E-state index in [0.717, 1.165) is 16.9 Å². The molecule has 1 fully saturated rings. The van der Waals surface area contributed by atoms with Crippen molar-refractivity contribution >= 4 is 31.9 Å². The van der Waals surface area contributed by atoms with Crippen LogP contribution in [0, 0.1) is 11.8 Å². The first-order valence-electron chi connectivity index (χ1n) is 7.23.